The molecule has 0 saturated carbocycles. The molecule has 3 nitrogen and oxygen atoms in total. The summed E-state index contributed by atoms with van der Waals surface area (Å²) in [5.41, 5.74) is 9.05. The van der Waals surface area contributed by atoms with E-state index < -0.39 is 0 Å². The molecule has 5 rings (SSSR count). The lowest BCUT2D eigenvalue weighted by Gasteiger charge is -2.51. The quantitative estimate of drug-likeness (QED) is 0.811. The van der Waals surface area contributed by atoms with E-state index in [-0.39, 0.29) is 43.3 Å². The average molecular weight is 405 g/mol. The van der Waals surface area contributed by atoms with Crippen LogP contribution >= 0.6 is 37.2 Å². The number of halogens is 3. The fourth-order valence-electron chi connectivity index (χ4n) is 4.63. The van der Waals surface area contributed by atoms with Crippen LogP contribution in [0.25, 0.3) is 10.9 Å². The molecule has 0 radical (unpaired) electrons. The number of hydrogen-bond acceptors (Lipinski definition) is 3. The number of hydrogen-bond donors (Lipinski definition) is 1. The zero-order valence-electron chi connectivity index (χ0n) is 14.5. The first-order valence-electron chi connectivity index (χ1n) is 8.61. The Morgan fingerprint density at radius 1 is 1.20 bits per heavy atom. The predicted octanol–water partition coefficient (Wildman–Crippen LogP) is 4.62. The Kier molecular flexibility index (Phi) is 8.43. The van der Waals surface area contributed by atoms with E-state index in [1.54, 1.807) is 0 Å². The molecule has 3 aliphatic rings. The number of fused-ring (bicyclic) bond motifs is 4. The second kappa shape index (κ2) is 9.38. The van der Waals surface area contributed by atoms with Crippen LogP contribution in [-0.4, -0.2) is 29.0 Å². The van der Waals surface area contributed by atoms with Gasteiger partial charge in [0.05, 0.1) is 5.52 Å². The highest BCUT2D eigenvalue weighted by Crippen LogP contribution is 2.41. The van der Waals surface area contributed by atoms with Gasteiger partial charge in [-0.05, 0) is 48.9 Å². The Balaban J connectivity index is 0.00000104. The van der Waals surface area contributed by atoms with Crippen molar-refractivity contribution in [2.24, 2.45) is 17.6 Å². The molecule has 2 bridgehead atoms. The summed E-state index contributed by atoms with van der Waals surface area (Å²) in [5, 5.41) is 1.21. The summed E-state index contributed by atoms with van der Waals surface area (Å²) < 4.78 is 0. The van der Waals surface area contributed by atoms with E-state index >= 15 is 0 Å². The van der Waals surface area contributed by atoms with E-state index in [1.807, 2.05) is 12.3 Å². The van der Waals surface area contributed by atoms with Crippen LogP contribution in [0.4, 0.5) is 0 Å². The number of para-hydroxylation sites is 1. The number of nitrogens with zero attached hydrogens (tertiary/aromatic N) is 2. The molecule has 3 aliphatic heterocycles. The van der Waals surface area contributed by atoms with E-state index in [4.69, 9.17) is 5.73 Å². The van der Waals surface area contributed by atoms with Crippen LogP contribution in [0.3, 0.4) is 0 Å². The number of aromatic nitrogens is 1. The van der Waals surface area contributed by atoms with Crippen molar-refractivity contribution in [2.75, 3.05) is 13.1 Å². The molecule has 1 unspecified atom stereocenters. The van der Waals surface area contributed by atoms with E-state index in [0.29, 0.717) is 6.04 Å². The average Bonchev–Trinajstić information content (AvgIpc) is 2.60. The third-order valence-corrected chi connectivity index (χ3v) is 5.92. The van der Waals surface area contributed by atoms with Crippen molar-refractivity contribution in [3.05, 3.63) is 42.1 Å². The van der Waals surface area contributed by atoms with Gasteiger partial charge in [0, 0.05) is 30.2 Å². The number of benzene rings is 1. The monoisotopic (exact) mass is 403 g/mol. The van der Waals surface area contributed by atoms with Crippen LogP contribution < -0.4 is 5.73 Å². The molecule has 0 amide bonds. The van der Waals surface area contributed by atoms with E-state index in [1.165, 1.54) is 43.3 Å². The standard InChI is InChI=1S/C19H25N3.3ClH/c1-2-13-12-22-10-8-14(13)11-18(22)19(20)16-7-9-21-17-6-4-3-5-15(16)17;;;/h3-7,9,13-14,18-19H,2,8,10-12,20H2,1H3;3*1H/t13-,14-,18+,19+;;;/m0.../s1. The van der Waals surface area contributed by atoms with E-state index in [2.05, 4.69) is 41.1 Å². The van der Waals surface area contributed by atoms with Gasteiger partial charge >= 0.3 is 0 Å². The van der Waals surface area contributed by atoms with Gasteiger partial charge in [0.2, 0.25) is 0 Å². The zero-order chi connectivity index (χ0) is 15.1. The summed E-state index contributed by atoms with van der Waals surface area (Å²) >= 11 is 0. The molecule has 140 valence electrons. The van der Waals surface area contributed by atoms with Crippen molar-refractivity contribution in [1.82, 2.24) is 9.88 Å². The summed E-state index contributed by atoms with van der Waals surface area (Å²) in [6.45, 7) is 4.79. The third-order valence-electron chi connectivity index (χ3n) is 5.92. The Labute approximate surface area is 169 Å². The summed E-state index contributed by atoms with van der Waals surface area (Å²) in [6.07, 6.45) is 5.83. The molecule has 0 aliphatic carbocycles. The lowest BCUT2D eigenvalue weighted by molar-refractivity contribution is -0.0105. The first-order valence-corrected chi connectivity index (χ1v) is 8.61. The van der Waals surface area contributed by atoms with Crippen molar-refractivity contribution < 1.29 is 0 Å². The largest absolute Gasteiger partial charge is 0.323 e. The van der Waals surface area contributed by atoms with Crippen LogP contribution in [0.1, 0.15) is 37.8 Å². The highest BCUT2D eigenvalue weighted by atomic mass is 35.5. The molecule has 3 fully saturated rings. The smallest absolute Gasteiger partial charge is 0.0705 e. The minimum Gasteiger partial charge on any atom is -0.323 e. The van der Waals surface area contributed by atoms with Crippen LogP contribution in [-0.2, 0) is 0 Å². The van der Waals surface area contributed by atoms with Crippen molar-refractivity contribution in [3.63, 3.8) is 0 Å². The summed E-state index contributed by atoms with van der Waals surface area (Å²) in [5.74, 6) is 1.76. The predicted molar refractivity (Wildman–Crippen MR) is 112 cm³/mol. The summed E-state index contributed by atoms with van der Waals surface area (Å²) in [7, 11) is 0. The molecule has 25 heavy (non-hydrogen) atoms. The number of pyridine rings is 1. The minimum atomic E-state index is 0. The summed E-state index contributed by atoms with van der Waals surface area (Å²) in [6, 6.07) is 11.1. The first-order chi connectivity index (χ1) is 10.8. The Morgan fingerprint density at radius 3 is 2.64 bits per heavy atom. The minimum absolute atomic E-state index is 0. The fourth-order valence-corrected chi connectivity index (χ4v) is 4.63. The molecule has 2 N–H and O–H groups in total. The van der Waals surface area contributed by atoms with Gasteiger partial charge in [-0.3, -0.25) is 9.88 Å². The van der Waals surface area contributed by atoms with Gasteiger partial charge < -0.3 is 5.73 Å². The third kappa shape index (κ3) is 4.06. The van der Waals surface area contributed by atoms with Gasteiger partial charge in [-0.2, -0.15) is 0 Å². The maximum Gasteiger partial charge on any atom is 0.0705 e. The molecule has 1 aromatic carbocycles. The van der Waals surface area contributed by atoms with E-state index in [0.717, 1.165) is 17.4 Å². The Morgan fingerprint density at radius 2 is 1.96 bits per heavy atom. The van der Waals surface area contributed by atoms with Crippen LogP contribution in [0.5, 0.6) is 0 Å². The van der Waals surface area contributed by atoms with Crippen LogP contribution in [0.2, 0.25) is 0 Å². The lowest BCUT2D eigenvalue weighted by Crippen LogP contribution is -2.56. The van der Waals surface area contributed by atoms with Gasteiger partial charge in [0.1, 0.15) is 0 Å². The molecule has 4 heterocycles. The van der Waals surface area contributed by atoms with Crippen LogP contribution in [0, 0.1) is 11.8 Å². The summed E-state index contributed by atoms with van der Waals surface area (Å²) in [4.78, 5) is 7.12. The molecular formula is C19H28Cl3N3. The van der Waals surface area contributed by atoms with Crippen molar-refractivity contribution in [3.8, 4) is 0 Å². The molecule has 0 spiro atoms. The van der Waals surface area contributed by atoms with Crippen molar-refractivity contribution in [2.45, 2.75) is 38.3 Å². The molecular weight excluding hydrogens is 377 g/mol. The van der Waals surface area contributed by atoms with Gasteiger partial charge in [0.25, 0.3) is 0 Å². The maximum atomic E-state index is 6.74. The number of rotatable bonds is 3. The second-order valence-corrected chi connectivity index (χ2v) is 6.96. The molecule has 5 atom stereocenters. The molecule has 1 aromatic heterocycles. The van der Waals surface area contributed by atoms with Gasteiger partial charge in [-0.15, -0.1) is 37.2 Å². The first kappa shape index (κ1) is 22.5. The van der Waals surface area contributed by atoms with E-state index in [9.17, 15) is 0 Å². The van der Waals surface area contributed by atoms with Gasteiger partial charge in [-0.1, -0.05) is 31.5 Å². The molecule has 3 saturated heterocycles. The van der Waals surface area contributed by atoms with Crippen LogP contribution in [0.15, 0.2) is 36.5 Å². The highest BCUT2D eigenvalue weighted by Gasteiger charge is 2.41. The number of nitrogens with two attached hydrogens (primary N) is 1. The number of piperidine rings is 3. The molecule has 2 aromatic rings. The van der Waals surface area contributed by atoms with Crippen molar-refractivity contribution in [1.29, 1.82) is 0 Å². The highest BCUT2D eigenvalue weighted by molar-refractivity contribution is 5.86. The second-order valence-electron chi connectivity index (χ2n) is 6.96. The zero-order valence-corrected chi connectivity index (χ0v) is 17.0. The Hall–Kier alpha value is -0.580. The SMILES string of the molecule is CC[C@H]1CN2CC[C@H]1C[C@@H]2[C@H](N)c1ccnc2ccccc12.Cl.Cl.Cl. The van der Waals surface area contributed by atoms with Gasteiger partial charge in [0.15, 0.2) is 0 Å². The fraction of sp³-hybridized carbons (Fsp3) is 0.526. The normalized spacial score (nSPS) is 28.4. The topological polar surface area (TPSA) is 42.1 Å². The maximum absolute atomic E-state index is 6.74. The molecule has 6 heteroatoms. The Bertz CT molecular complexity index is 677. The van der Waals surface area contributed by atoms with Gasteiger partial charge in [-0.25, -0.2) is 0 Å². The lowest BCUT2D eigenvalue weighted by atomic mass is 9.72. The van der Waals surface area contributed by atoms with Crippen molar-refractivity contribution >= 4 is 48.1 Å².